The van der Waals surface area contributed by atoms with E-state index in [1.165, 1.54) is 11.3 Å². The number of thiophene rings is 1. The Bertz CT molecular complexity index is 371. The Labute approximate surface area is 92.7 Å². The van der Waals surface area contributed by atoms with Gasteiger partial charge in [0.05, 0.1) is 17.2 Å². The molecule has 0 aliphatic carbocycles. The van der Waals surface area contributed by atoms with Gasteiger partial charge < -0.3 is 4.74 Å². The van der Waals surface area contributed by atoms with Crippen molar-refractivity contribution >= 4 is 29.9 Å². The van der Waals surface area contributed by atoms with Crippen LogP contribution in [0.2, 0.25) is 0 Å². The molecule has 0 bridgehead atoms. The van der Waals surface area contributed by atoms with E-state index in [0.29, 0.717) is 17.2 Å². The van der Waals surface area contributed by atoms with E-state index in [1.54, 1.807) is 13.0 Å². The zero-order chi connectivity index (χ0) is 10.4. The summed E-state index contributed by atoms with van der Waals surface area (Å²) in [6.45, 7) is 2.18. The van der Waals surface area contributed by atoms with Crippen molar-refractivity contribution < 1.29 is 9.53 Å². The first-order valence-electron chi connectivity index (χ1n) is 4.14. The molecule has 0 N–H and O–H groups in total. The molecule has 2 nitrogen and oxygen atoms in total. The van der Waals surface area contributed by atoms with Crippen LogP contribution in [0.15, 0.2) is 12.1 Å². The zero-order valence-electron chi connectivity index (χ0n) is 7.74. The maximum Gasteiger partial charge on any atom is 0.348 e. The predicted octanol–water partition coefficient (Wildman–Crippen LogP) is 2.21. The number of hydrogen-bond donors (Lipinski definition) is 1. The summed E-state index contributed by atoms with van der Waals surface area (Å²) in [4.78, 5) is 12.7. The molecule has 0 aliphatic rings. The first-order chi connectivity index (χ1) is 6.77. The maximum atomic E-state index is 11.3. The van der Waals surface area contributed by atoms with Crippen molar-refractivity contribution in [2.75, 3.05) is 12.4 Å². The number of carbonyl (C=O) groups excluding carboxylic acids is 1. The van der Waals surface area contributed by atoms with Crippen molar-refractivity contribution in [3.05, 3.63) is 21.9 Å². The van der Waals surface area contributed by atoms with E-state index in [2.05, 4.69) is 24.5 Å². The molecule has 0 spiro atoms. The SMILES string of the molecule is CCOC(=O)c1ccc(C#CCS)s1. The second-order valence-corrected chi connectivity index (χ2v) is 3.74. The van der Waals surface area contributed by atoms with Gasteiger partial charge in [0.25, 0.3) is 0 Å². The molecule has 0 atom stereocenters. The molecule has 1 aromatic rings. The highest BCUT2D eigenvalue weighted by Crippen LogP contribution is 2.16. The van der Waals surface area contributed by atoms with Crippen LogP contribution < -0.4 is 0 Å². The Balaban J connectivity index is 2.72. The molecule has 0 amide bonds. The highest BCUT2D eigenvalue weighted by Gasteiger charge is 2.08. The van der Waals surface area contributed by atoms with Crippen molar-refractivity contribution in [2.45, 2.75) is 6.92 Å². The average Bonchev–Trinajstić information content (AvgIpc) is 2.63. The predicted molar refractivity (Wildman–Crippen MR) is 61.0 cm³/mol. The molecular weight excluding hydrogens is 216 g/mol. The quantitative estimate of drug-likeness (QED) is 0.475. The van der Waals surface area contributed by atoms with Gasteiger partial charge in [0.1, 0.15) is 4.88 Å². The molecule has 1 heterocycles. The fourth-order valence-electron chi connectivity index (χ4n) is 0.844. The zero-order valence-corrected chi connectivity index (χ0v) is 9.45. The summed E-state index contributed by atoms with van der Waals surface area (Å²) in [7, 11) is 0. The molecule has 0 saturated heterocycles. The summed E-state index contributed by atoms with van der Waals surface area (Å²) in [5.41, 5.74) is 0. The van der Waals surface area contributed by atoms with Gasteiger partial charge in [-0.1, -0.05) is 11.8 Å². The van der Waals surface area contributed by atoms with Gasteiger partial charge in [0.15, 0.2) is 0 Å². The normalized spacial score (nSPS) is 9.00. The van der Waals surface area contributed by atoms with Crippen molar-refractivity contribution in [1.29, 1.82) is 0 Å². The van der Waals surface area contributed by atoms with Crippen LogP contribution in [0.1, 0.15) is 21.5 Å². The van der Waals surface area contributed by atoms with Crippen LogP contribution in [0.5, 0.6) is 0 Å². The van der Waals surface area contributed by atoms with Gasteiger partial charge in [0.2, 0.25) is 0 Å². The first-order valence-corrected chi connectivity index (χ1v) is 5.59. The van der Waals surface area contributed by atoms with Crippen LogP contribution in [-0.2, 0) is 4.74 Å². The third-order valence-corrected chi connectivity index (χ3v) is 2.51. The Morgan fingerprint density at radius 2 is 2.43 bits per heavy atom. The van der Waals surface area contributed by atoms with Gasteiger partial charge >= 0.3 is 5.97 Å². The third-order valence-electron chi connectivity index (χ3n) is 1.37. The van der Waals surface area contributed by atoms with E-state index in [9.17, 15) is 4.79 Å². The van der Waals surface area contributed by atoms with E-state index in [1.807, 2.05) is 6.07 Å². The number of carbonyl (C=O) groups is 1. The van der Waals surface area contributed by atoms with E-state index >= 15 is 0 Å². The highest BCUT2D eigenvalue weighted by molar-refractivity contribution is 7.80. The van der Waals surface area contributed by atoms with Gasteiger partial charge in [-0.2, -0.15) is 12.6 Å². The molecular formula is C10H10O2S2. The summed E-state index contributed by atoms with van der Waals surface area (Å²) in [5.74, 6) is 5.96. The fraction of sp³-hybridized carbons (Fsp3) is 0.300. The monoisotopic (exact) mass is 226 g/mol. The van der Waals surface area contributed by atoms with Crippen molar-refractivity contribution in [3.63, 3.8) is 0 Å². The van der Waals surface area contributed by atoms with Crippen LogP contribution in [0.4, 0.5) is 0 Å². The van der Waals surface area contributed by atoms with Gasteiger partial charge in [-0.05, 0) is 19.1 Å². The molecule has 74 valence electrons. The summed E-state index contributed by atoms with van der Waals surface area (Å²) in [5, 5.41) is 0. The lowest BCUT2D eigenvalue weighted by molar-refractivity contribution is 0.0532. The summed E-state index contributed by atoms with van der Waals surface area (Å²) in [6, 6.07) is 3.54. The van der Waals surface area contributed by atoms with Crippen LogP contribution in [0.3, 0.4) is 0 Å². The standard InChI is InChI=1S/C10H10O2S2/c1-2-12-10(11)9-6-5-8(14-9)4-3-7-13/h5-6,13H,2,7H2,1H3. The summed E-state index contributed by atoms with van der Waals surface area (Å²) >= 11 is 5.31. The van der Waals surface area contributed by atoms with Crippen LogP contribution in [0, 0.1) is 11.8 Å². The third kappa shape index (κ3) is 3.09. The molecule has 14 heavy (non-hydrogen) atoms. The first kappa shape index (κ1) is 11.2. The molecule has 0 aliphatic heterocycles. The van der Waals surface area contributed by atoms with Crippen LogP contribution in [0.25, 0.3) is 0 Å². The molecule has 0 fully saturated rings. The number of hydrogen-bond acceptors (Lipinski definition) is 4. The minimum absolute atomic E-state index is 0.281. The smallest absolute Gasteiger partial charge is 0.348 e. The largest absolute Gasteiger partial charge is 0.462 e. The minimum atomic E-state index is -0.281. The molecule has 0 aromatic carbocycles. The Kier molecular flexibility index (Phi) is 4.57. The van der Waals surface area contributed by atoms with Crippen molar-refractivity contribution in [2.24, 2.45) is 0 Å². The second kappa shape index (κ2) is 5.74. The van der Waals surface area contributed by atoms with Crippen molar-refractivity contribution in [1.82, 2.24) is 0 Å². The van der Waals surface area contributed by atoms with E-state index in [4.69, 9.17) is 4.74 Å². The molecule has 0 saturated carbocycles. The lowest BCUT2D eigenvalue weighted by atomic mass is 10.4. The second-order valence-electron chi connectivity index (χ2n) is 2.34. The molecule has 4 heteroatoms. The number of esters is 1. The van der Waals surface area contributed by atoms with Crippen molar-refractivity contribution in [3.8, 4) is 11.8 Å². The lowest BCUT2D eigenvalue weighted by Gasteiger charge is -1.95. The number of rotatable bonds is 2. The number of ether oxygens (including phenoxy) is 1. The van der Waals surface area contributed by atoms with E-state index in [0.717, 1.165) is 4.88 Å². The Morgan fingerprint density at radius 1 is 1.64 bits per heavy atom. The van der Waals surface area contributed by atoms with Gasteiger partial charge in [-0.15, -0.1) is 11.3 Å². The molecule has 0 unspecified atom stereocenters. The van der Waals surface area contributed by atoms with Gasteiger partial charge in [0, 0.05) is 0 Å². The van der Waals surface area contributed by atoms with E-state index < -0.39 is 0 Å². The fourth-order valence-corrected chi connectivity index (χ4v) is 1.70. The number of thiol groups is 1. The minimum Gasteiger partial charge on any atom is -0.462 e. The van der Waals surface area contributed by atoms with Crippen LogP contribution in [-0.4, -0.2) is 18.3 Å². The topological polar surface area (TPSA) is 26.3 Å². The summed E-state index contributed by atoms with van der Waals surface area (Å²) < 4.78 is 4.85. The Hall–Kier alpha value is -0.920. The van der Waals surface area contributed by atoms with Gasteiger partial charge in [-0.3, -0.25) is 0 Å². The summed E-state index contributed by atoms with van der Waals surface area (Å²) in [6.07, 6.45) is 0. The molecule has 1 rings (SSSR count). The molecule has 1 aromatic heterocycles. The Morgan fingerprint density at radius 3 is 3.07 bits per heavy atom. The van der Waals surface area contributed by atoms with Crippen LogP contribution >= 0.6 is 24.0 Å². The highest BCUT2D eigenvalue weighted by atomic mass is 32.1. The molecule has 0 radical (unpaired) electrons. The van der Waals surface area contributed by atoms with E-state index in [-0.39, 0.29) is 5.97 Å². The van der Waals surface area contributed by atoms with Gasteiger partial charge in [-0.25, -0.2) is 4.79 Å². The lowest BCUT2D eigenvalue weighted by Crippen LogP contribution is -2.01. The average molecular weight is 226 g/mol. The maximum absolute atomic E-state index is 11.3.